The molecule has 0 N–H and O–H groups in total. The first kappa shape index (κ1) is 27.6. The van der Waals surface area contributed by atoms with Crippen LogP contribution in [-0.2, 0) is 0 Å². The third-order valence-electron chi connectivity index (χ3n) is 6.07. The van der Waals surface area contributed by atoms with Crippen molar-refractivity contribution >= 4 is 0 Å². The van der Waals surface area contributed by atoms with Gasteiger partial charge in [-0.25, -0.2) is 0 Å². The predicted octanol–water partition coefficient (Wildman–Crippen LogP) is 9.73. The van der Waals surface area contributed by atoms with Crippen molar-refractivity contribution in [3.05, 3.63) is 13.8 Å². The second kappa shape index (κ2) is 22.8. The van der Waals surface area contributed by atoms with E-state index in [1.807, 2.05) is 0 Å². The molecule has 0 amide bonds. The first-order valence-electron chi connectivity index (χ1n) is 12.8. The van der Waals surface area contributed by atoms with Gasteiger partial charge in [0.2, 0.25) is 0 Å². The van der Waals surface area contributed by atoms with E-state index in [0.29, 0.717) is 0 Å². The molecule has 0 spiro atoms. The van der Waals surface area contributed by atoms with Crippen molar-refractivity contribution in [2.24, 2.45) is 11.8 Å². The van der Waals surface area contributed by atoms with Crippen LogP contribution in [0.2, 0.25) is 0 Å². The van der Waals surface area contributed by atoms with E-state index in [9.17, 15) is 0 Å². The maximum atomic E-state index is 3.96. The normalized spacial score (nSPS) is 12.2. The molecule has 0 aliphatic rings. The number of unbranched alkanes of at least 4 members (excludes halogenated alkanes) is 15. The van der Waals surface area contributed by atoms with Crippen molar-refractivity contribution in [3.63, 3.8) is 0 Å². The van der Waals surface area contributed by atoms with Gasteiger partial charge in [-0.2, -0.15) is 0 Å². The van der Waals surface area contributed by atoms with Crippen molar-refractivity contribution in [2.75, 3.05) is 0 Å². The Morgan fingerprint density at radius 3 is 1.39 bits per heavy atom. The lowest BCUT2D eigenvalue weighted by Crippen LogP contribution is -2.08. The molecule has 0 nitrogen and oxygen atoms in total. The molecule has 0 aliphatic carbocycles. The van der Waals surface area contributed by atoms with Gasteiger partial charge in [-0.3, -0.25) is 0 Å². The van der Waals surface area contributed by atoms with Crippen LogP contribution >= 0.6 is 0 Å². The van der Waals surface area contributed by atoms with Gasteiger partial charge >= 0.3 is 0 Å². The highest BCUT2D eigenvalue weighted by molar-refractivity contribution is 4.98. The molecule has 0 aromatic rings. The van der Waals surface area contributed by atoms with Gasteiger partial charge in [0.05, 0.1) is 0 Å². The third kappa shape index (κ3) is 20.3. The monoisotopic (exact) mass is 388 g/mol. The molecule has 0 saturated carbocycles. The van der Waals surface area contributed by atoms with E-state index >= 15 is 0 Å². The average molecular weight is 389 g/mol. The minimum atomic E-state index is 0.816. The van der Waals surface area contributed by atoms with Crippen molar-refractivity contribution in [1.29, 1.82) is 0 Å². The minimum Gasteiger partial charge on any atom is -0.103 e. The Labute approximate surface area is 180 Å². The number of hydrogen-bond acceptors (Lipinski definition) is 0. The fourth-order valence-corrected chi connectivity index (χ4v) is 4.00. The Balaban J connectivity index is 3.38. The van der Waals surface area contributed by atoms with Crippen molar-refractivity contribution in [2.45, 2.75) is 142 Å². The molecule has 0 heteroatoms. The molecule has 0 aromatic heterocycles. The second-order valence-electron chi connectivity index (χ2n) is 9.09. The van der Waals surface area contributed by atoms with Crippen LogP contribution in [0.1, 0.15) is 142 Å². The molecule has 2 radical (unpaired) electrons. The van der Waals surface area contributed by atoms with E-state index in [4.69, 9.17) is 0 Å². The summed E-state index contributed by atoms with van der Waals surface area (Å²) in [5.41, 5.74) is 0. The zero-order chi connectivity index (χ0) is 20.7. The SMILES string of the molecule is [CH2]CCCCCCCCCCCCCC#CCCCC(CCCC[CH2])C(C)C. The van der Waals surface area contributed by atoms with Gasteiger partial charge in [0, 0.05) is 12.8 Å². The predicted molar refractivity (Wildman–Crippen MR) is 129 cm³/mol. The van der Waals surface area contributed by atoms with Gasteiger partial charge < -0.3 is 0 Å². The molecule has 0 rings (SSSR count). The van der Waals surface area contributed by atoms with Gasteiger partial charge in [-0.15, -0.1) is 11.8 Å². The summed E-state index contributed by atoms with van der Waals surface area (Å²) in [6, 6.07) is 0. The van der Waals surface area contributed by atoms with Crippen LogP contribution in [0.15, 0.2) is 0 Å². The van der Waals surface area contributed by atoms with Gasteiger partial charge in [0.25, 0.3) is 0 Å². The molecule has 1 unspecified atom stereocenters. The topological polar surface area (TPSA) is 0 Å². The van der Waals surface area contributed by atoms with Crippen LogP contribution in [0.3, 0.4) is 0 Å². The van der Waals surface area contributed by atoms with E-state index < -0.39 is 0 Å². The van der Waals surface area contributed by atoms with Crippen LogP contribution in [0.25, 0.3) is 0 Å². The number of rotatable bonds is 20. The Hall–Kier alpha value is -0.440. The summed E-state index contributed by atoms with van der Waals surface area (Å²) in [6.07, 6.45) is 26.5. The molecule has 0 aromatic carbocycles. The number of hydrogen-bond donors (Lipinski definition) is 0. The molecular weight excluding hydrogens is 336 g/mol. The zero-order valence-corrected chi connectivity index (χ0v) is 19.7. The highest BCUT2D eigenvalue weighted by Crippen LogP contribution is 2.24. The standard InChI is InChI=1S/C28H52/c1-5-7-9-10-11-12-13-14-15-16-17-18-19-20-21-22-24-26-28(27(3)4)25-23-8-6-2/h27-28H,1-2,5-19,22-26H2,3-4H3. The minimum absolute atomic E-state index is 0.816. The van der Waals surface area contributed by atoms with Crippen molar-refractivity contribution in [3.8, 4) is 11.8 Å². The lowest BCUT2D eigenvalue weighted by molar-refractivity contribution is 0.320. The molecule has 0 bridgehead atoms. The van der Waals surface area contributed by atoms with Crippen molar-refractivity contribution in [1.82, 2.24) is 0 Å². The fourth-order valence-electron chi connectivity index (χ4n) is 4.00. The van der Waals surface area contributed by atoms with E-state index in [0.717, 1.165) is 37.5 Å². The summed E-state index contributed by atoms with van der Waals surface area (Å²) in [5.74, 6) is 8.54. The van der Waals surface area contributed by atoms with Crippen LogP contribution in [0, 0.1) is 37.5 Å². The molecule has 164 valence electrons. The lowest BCUT2D eigenvalue weighted by Gasteiger charge is -2.20. The molecule has 28 heavy (non-hydrogen) atoms. The average Bonchev–Trinajstić information content (AvgIpc) is 2.68. The fraction of sp³-hybridized carbons (Fsp3) is 0.857. The van der Waals surface area contributed by atoms with Crippen LogP contribution < -0.4 is 0 Å². The van der Waals surface area contributed by atoms with E-state index in [1.54, 1.807) is 0 Å². The Morgan fingerprint density at radius 1 is 0.500 bits per heavy atom. The maximum Gasteiger partial charge on any atom is 0.00887 e. The van der Waals surface area contributed by atoms with E-state index in [1.165, 1.54) is 103 Å². The molecule has 0 aliphatic heterocycles. The molecule has 0 saturated heterocycles. The highest BCUT2D eigenvalue weighted by atomic mass is 14.2. The van der Waals surface area contributed by atoms with Gasteiger partial charge in [0.15, 0.2) is 0 Å². The summed E-state index contributed by atoms with van der Waals surface area (Å²) in [7, 11) is 0. The Morgan fingerprint density at radius 2 is 0.893 bits per heavy atom. The molecule has 1 atom stereocenters. The van der Waals surface area contributed by atoms with Crippen LogP contribution in [0.5, 0.6) is 0 Å². The quantitative estimate of drug-likeness (QED) is 0.144. The Bertz CT molecular complexity index is 343. The molecule has 0 heterocycles. The van der Waals surface area contributed by atoms with Gasteiger partial charge in [-0.05, 0) is 31.1 Å². The molecular formula is C28H52. The van der Waals surface area contributed by atoms with Crippen molar-refractivity contribution < 1.29 is 0 Å². The zero-order valence-electron chi connectivity index (χ0n) is 19.7. The van der Waals surface area contributed by atoms with Gasteiger partial charge in [0.1, 0.15) is 0 Å². The second-order valence-corrected chi connectivity index (χ2v) is 9.09. The summed E-state index contributed by atoms with van der Waals surface area (Å²) in [4.78, 5) is 0. The third-order valence-corrected chi connectivity index (χ3v) is 6.07. The van der Waals surface area contributed by atoms with Crippen LogP contribution in [-0.4, -0.2) is 0 Å². The highest BCUT2D eigenvalue weighted by Gasteiger charge is 2.11. The van der Waals surface area contributed by atoms with Crippen LogP contribution in [0.4, 0.5) is 0 Å². The summed E-state index contributed by atoms with van der Waals surface area (Å²) < 4.78 is 0. The Kier molecular flexibility index (Phi) is 22.5. The molecule has 0 fully saturated rings. The summed E-state index contributed by atoms with van der Waals surface area (Å²) in [6.45, 7) is 12.6. The van der Waals surface area contributed by atoms with E-state index in [2.05, 4.69) is 39.5 Å². The summed E-state index contributed by atoms with van der Waals surface area (Å²) in [5, 5.41) is 0. The first-order chi connectivity index (χ1) is 13.7. The lowest BCUT2D eigenvalue weighted by atomic mass is 9.86. The largest absolute Gasteiger partial charge is 0.103 e. The summed E-state index contributed by atoms with van der Waals surface area (Å²) >= 11 is 0. The maximum absolute atomic E-state index is 3.96. The van der Waals surface area contributed by atoms with E-state index in [-0.39, 0.29) is 0 Å². The van der Waals surface area contributed by atoms with Gasteiger partial charge in [-0.1, -0.05) is 124 Å². The first-order valence-corrected chi connectivity index (χ1v) is 12.8. The smallest absolute Gasteiger partial charge is 0.00887 e.